The summed E-state index contributed by atoms with van der Waals surface area (Å²) in [5.41, 5.74) is 15.8. The monoisotopic (exact) mass is 344 g/mol. The Morgan fingerprint density at radius 1 is 1.08 bits per heavy atom. The van der Waals surface area contributed by atoms with Gasteiger partial charge in [0.1, 0.15) is 12.1 Å². The highest BCUT2D eigenvalue weighted by atomic mass is 16.4. The highest BCUT2D eigenvalue weighted by molar-refractivity contribution is 5.91. The summed E-state index contributed by atoms with van der Waals surface area (Å²) in [6, 6.07) is -2.74. The van der Waals surface area contributed by atoms with Crippen molar-refractivity contribution in [2.75, 3.05) is 6.54 Å². The fourth-order valence-corrected chi connectivity index (χ4v) is 1.84. The molecular formula is C14H28N6O4. The van der Waals surface area contributed by atoms with Crippen LogP contribution in [0.3, 0.4) is 0 Å². The number of carboxylic acid groups (broad SMARTS) is 1. The Balaban J connectivity index is 4.78. The fourth-order valence-electron chi connectivity index (χ4n) is 1.84. The van der Waals surface area contributed by atoms with E-state index in [-0.39, 0.29) is 24.8 Å². The summed E-state index contributed by atoms with van der Waals surface area (Å²) in [6.07, 6.45) is 0.539. The number of nitrogens with one attached hydrogen (secondary N) is 2. The van der Waals surface area contributed by atoms with Gasteiger partial charge >= 0.3 is 5.97 Å². The summed E-state index contributed by atoms with van der Waals surface area (Å²) in [4.78, 5) is 39.0. The first-order valence-corrected chi connectivity index (χ1v) is 7.70. The molecule has 0 aliphatic rings. The van der Waals surface area contributed by atoms with Gasteiger partial charge in [-0.15, -0.1) is 0 Å². The van der Waals surface area contributed by atoms with Crippen molar-refractivity contribution in [1.82, 2.24) is 10.6 Å². The fraction of sp³-hybridized carbons (Fsp3) is 0.714. The van der Waals surface area contributed by atoms with E-state index >= 15 is 0 Å². The average Bonchev–Trinajstić information content (AvgIpc) is 2.46. The molecule has 138 valence electrons. The summed E-state index contributed by atoms with van der Waals surface area (Å²) >= 11 is 0. The Morgan fingerprint density at radius 3 is 2.08 bits per heavy atom. The second kappa shape index (κ2) is 10.4. The molecule has 0 aliphatic carbocycles. The summed E-state index contributed by atoms with van der Waals surface area (Å²) < 4.78 is 0. The van der Waals surface area contributed by atoms with Crippen molar-refractivity contribution < 1.29 is 19.5 Å². The van der Waals surface area contributed by atoms with Crippen LogP contribution in [0.25, 0.3) is 0 Å². The van der Waals surface area contributed by atoms with Gasteiger partial charge in [0.15, 0.2) is 5.96 Å². The second-order valence-corrected chi connectivity index (χ2v) is 5.87. The van der Waals surface area contributed by atoms with Crippen molar-refractivity contribution in [3.63, 3.8) is 0 Å². The molecular weight excluding hydrogens is 316 g/mol. The summed E-state index contributed by atoms with van der Waals surface area (Å²) in [5.74, 6) is -2.54. The Hall–Kier alpha value is -2.36. The van der Waals surface area contributed by atoms with Crippen molar-refractivity contribution in [2.24, 2.45) is 28.1 Å². The lowest BCUT2D eigenvalue weighted by atomic mass is 10.0. The van der Waals surface area contributed by atoms with Crippen molar-refractivity contribution in [2.45, 2.75) is 51.7 Å². The third-order valence-corrected chi connectivity index (χ3v) is 3.22. The number of aliphatic carboxylic acids is 1. The Kier molecular flexibility index (Phi) is 9.40. The van der Waals surface area contributed by atoms with Gasteiger partial charge in [-0.1, -0.05) is 13.8 Å². The van der Waals surface area contributed by atoms with Crippen molar-refractivity contribution in [3.05, 3.63) is 0 Å². The van der Waals surface area contributed by atoms with Gasteiger partial charge in [0.25, 0.3) is 0 Å². The largest absolute Gasteiger partial charge is 0.480 e. The van der Waals surface area contributed by atoms with Gasteiger partial charge in [-0.25, -0.2) is 4.79 Å². The molecule has 0 aromatic heterocycles. The Morgan fingerprint density at radius 2 is 1.67 bits per heavy atom. The van der Waals surface area contributed by atoms with Gasteiger partial charge < -0.3 is 32.9 Å². The Bertz CT molecular complexity index is 474. The number of carboxylic acids is 1. The standard InChI is InChI=1S/C14H28N6O4/c1-7(2)10(20-11(21)8(3)15)12(22)19-9(13(23)24)5-4-6-18-14(16)17/h7-10H,4-6,15H2,1-3H3,(H,19,22)(H,20,21)(H,23,24)(H4,16,17,18)/t8-,9-,10-/m0/s1. The molecule has 0 bridgehead atoms. The highest BCUT2D eigenvalue weighted by Gasteiger charge is 2.28. The zero-order valence-corrected chi connectivity index (χ0v) is 14.3. The van der Waals surface area contributed by atoms with Crippen LogP contribution in [0.5, 0.6) is 0 Å². The lowest BCUT2D eigenvalue weighted by molar-refractivity contribution is -0.142. The molecule has 0 radical (unpaired) electrons. The molecule has 0 saturated heterocycles. The lowest BCUT2D eigenvalue weighted by Crippen LogP contribution is -2.55. The molecule has 0 heterocycles. The van der Waals surface area contributed by atoms with Gasteiger partial charge in [-0.2, -0.15) is 0 Å². The smallest absolute Gasteiger partial charge is 0.326 e. The maximum atomic E-state index is 12.3. The molecule has 2 amide bonds. The summed E-state index contributed by atoms with van der Waals surface area (Å²) in [7, 11) is 0. The van der Waals surface area contributed by atoms with Crippen LogP contribution in [-0.2, 0) is 14.4 Å². The van der Waals surface area contributed by atoms with Crippen molar-refractivity contribution >= 4 is 23.7 Å². The van der Waals surface area contributed by atoms with Gasteiger partial charge in [0.05, 0.1) is 6.04 Å². The number of aliphatic imine (C=N–C) groups is 1. The van der Waals surface area contributed by atoms with E-state index in [0.29, 0.717) is 6.42 Å². The number of guanidine groups is 1. The number of nitrogens with zero attached hydrogens (tertiary/aromatic N) is 1. The molecule has 0 aromatic carbocycles. The first-order valence-electron chi connectivity index (χ1n) is 7.70. The summed E-state index contributed by atoms with van der Waals surface area (Å²) in [5, 5.41) is 14.2. The second-order valence-electron chi connectivity index (χ2n) is 5.87. The molecule has 0 spiro atoms. The minimum atomic E-state index is -1.17. The quantitative estimate of drug-likeness (QED) is 0.152. The zero-order valence-electron chi connectivity index (χ0n) is 14.3. The molecule has 0 unspecified atom stereocenters. The molecule has 0 saturated carbocycles. The molecule has 24 heavy (non-hydrogen) atoms. The molecule has 10 heteroatoms. The van der Waals surface area contributed by atoms with Gasteiger partial charge in [-0.05, 0) is 25.7 Å². The number of rotatable bonds is 10. The van der Waals surface area contributed by atoms with Crippen molar-refractivity contribution in [3.8, 4) is 0 Å². The van der Waals surface area contributed by atoms with Crippen LogP contribution in [0, 0.1) is 5.92 Å². The maximum Gasteiger partial charge on any atom is 0.326 e. The predicted molar refractivity (Wildman–Crippen MR) is 89.9 cm³/mol. The van der Waals surface area contributed by atoms with Crippen LogP contribution in [0.2, 0.25) is 0 Å². The first kappa shape index (κ1) is 21.6. The highest BCUT2D eigenvalue weighted by Crippen LogP contribution is 2.05. The number of amides is 2. The van der Waals surface area contributed by atoms with Gasteiger partial charge in [0.2, 0.25) is 11.8 Å². The topological polar surface area (TPSA) is 186 Å². The van der Waals surface area contributed by atoms with E-state index in [9.17, 15) is 19.5 Å². The normalized spacial score (nSPS) is 14.4. The van der Waals surface area contributed by atoms with E-state index in [0.717, 1.165) is 0 Å². The van der Waals surface area contributed by atoms with Crippen LogP contribution in [-0.4, -0.2) is 53.5 Å². The Labute approximate surface area is 141 Å². The number of hydrogen-bond donors (Lipinski definition) is 6. The number of carbonyl (C=O) groups excluding carboxylic acids is 2. The van der Waals surface area contributed by atoms with E-state index in [1.165, 1.54) is 6.92 Å². The molecule has 9 N–H and O–H groups in total. The molecule has 10 nitrogen and oxygen atoms in total. The van der Waals surface area contributed by atoms with Crippen LogP contribution in [0.15, 0.2) is 4.99 Å². The number of nitrogens with two attached hydrogens (primary N) is 3. The van der Waals surface area contributed by atoms with Crippen LogP contribution >= 0.6 is 0 Å². The average molecular weight is 344 g/mol. The minimum Gasteiger partial charge on any atom is -0.480 e. The van der Waals surface area contributed by atoms with E-state index in [4.69, 9.17) is 17.2 Å². The van der Waals surface area contributed by atoms with Crippen molar-refractivity contribution in [1.29, 1.82) is 0 Å². The number of carbonyl (C=O) groups is 3. The predicted octanol–water partition coefficient (Wildman–Crippen LogP) is -1.90. The molecule has 3 atom stereocenters. The third-order valence-electron chi connectivity index (χ3n) is 3.22. The zero-order chi connectivity index (χ0) is 18.9. The van der Waals surface area contributed by atoms with Crippen LogP contribution in [0.1, 0.15) is 33.6 Å². The SMILES string of the molecule is CC(C)[C@H](NC(=O)[C@H](C)N)C(=O)N[C@@H](CCCN=C(N)N)C(=O)O. The van der Waals surface area contributed by atoms with Gasteiger partial charge in [-0.3, -0.25) is 14.6 Å². The first-order chi connectivity index (χ1) is 11.1. The van der Waals surface area contributed by atoms with E-state index in [2.05, 4.69) is 15.6 Å². The lowest BCUT2D eigenvalue weighted by Gasteiger charge is -2.24. The van der Waals surface area contributed by atoms with E-state index < -0.39 is 35.9 Å². The van der Waals surface area contributed by atoms with E-state index in [1.54, 1.807) is 13.8 Å². The summed E-state index contributed by atoms with van der Waals surface area (Å²) in [6.45, 7) is 5.23. The molecule has 0 aliphatic heterocycles. The molecule has 0 aromatic rings. The number of hydrogen-bond acceptors (Lipinski definition) is 5. The van der Waals surface area contributed by atoms with Crippen LogP contribution < -0.4 is 27.8 Å². The van der Waals surface area contributed by atoms with Gasteiger partial charge in [0, 0.05) is 6.54 Å². The van der Waals surface area contributed by atoms with Crippen LogP contribution in [0.4, 0.5) is 0 Å². The maximum absolute atomic E-state index is 12.3. The van der Waals surface area contributed by atoms with E-state index in [1.807, 2.05) is 0 Å². The molecule has 0 rings (SSSR count). The molecule has 0 fully saturated rings. The minimum absolute atomic E-state index is 0.0793. The third kappa shape index (κ3) is 8.32.